The Morgan fingerprint density at radius 3 is 2.17 bits per heavy atom. The fraction of sp³-hybridized carbons (Fsp3) is 0.900. The second-order valence-electron chi connectivity index (χ2n) is 4.39. The van der Waals surface area contributed by atoms with Crippen molar-refractivity contribution in [2.45, 2.75) is 50.5 Å². The van der Waals surface area contributed by atoms with Gasteiger partial charge in [0.1, 0.15) is 18.3 Å². The van der Waals surface area contributed by atoms with E-state index in [4.69, 9.17) is 14.7 Å². The van der Waals surface area contributed by atoms with Crippen LogP contribution in [0.3, 0.4) is 0 Å². The van der Waals surface area contributed by atoms with Gasteiger partial charge in [0.05, 0.1) is 7.11 Å². The monoisotopic (exact) mass is 265 g/mol. The molecule has 0 aromatic rings. The second-order valence-corrected chi connectivity index (χ2v) is 4.39. The van der Waals surface area contributed by atoms with Crippen molar-refractivity contribution in [3.8, 4) is 0 Å². The second kappa shape index (κ2) is 5.91. The largest absolute Gasteiger partial charge is 0.479 e. The maximum absolute atomic E-state index is 10.9. The summed E-state index contributed by atoms with van der Waals surface area (Å²) >= 11 is 0. The summed E-state index contributed by atoms with van der Waals surface area (Å²) in [6, 6.07) is -0.216. The summed E-state index contributed by atoms with van der Waals surface area (Å²) in [6.07, 6.45) is -7.59. The van der Waals surface area contributed by atoms with Gasteiger partial charge in [-0.05, 0) is 13.8 Å². The van der Waals surface area contributed by atoms with Gasteiger partial charge in [-0.25, -0.2) is 4.79 Å². The third-order valence-corrected chi connectivity index (χ3v) is 2.80. The predicted molar refractivity (Wildman–Crippen MR) is 58.3 cm³/mol. The van der Waals surface area contributed by atoms with E-state index in [1.54, 1.807) is 13.8 Å². The van der Waals surface area contributed by atoms with Gasteiger partial charge in [0.2, 0.25) is 0 Å². The number of carboxylic acid groups (broad SMARTS) is 1. The van der Waals surface area contributed by atoms with Crippen molar-refractivity contribution < 1.29 is 34.8 Å². The number of aliphatic hydroxyl groups is 3. The molecular weight excluding hydrogens is 246 g/mol. The lowest BCUT2D eigenvalue weighted by Crippen LogP contribution is -2.64. The number of hydrogen-bond donors (Lipinski definition) is 4. The van der Waals surface area contributed by atoms with Crippen molar-refractivity contribution in [1.82, 2.24) is 5.06 Å². The van der Waals surface area contributed by atoms with Crippen LogP contribution in [0.4, 0.5) is 0 Å². The van der Waals surface area contributed by atoms with Crippen molar-refractivity contribution in [1.29, 1.82) is 0 Å². The average Bonchev–Trinajstić information content (AvgIpc) is 2.29. The number of carboxylic acids is 1. The molecule has 1 aliphatic heterocycles. The maximum Gasteiger partial charge on any atom is 0.335 e. The summed E-state index contributed by atoms with van der Waals surface area (Å²) in [7, 11) is 1.34. The molecule has 0 saturated carbocycles. The van der Waals surface area contributed by atoms with Gasteiger partial charge in [-0.15, -0.1) is 0 Å². The SMILES string of the molecule is CON(C(C)C)[C@@H]1OC(C(=O)O)[C@H](O)[C@H](O)C1O. The molecule has 2 unspecified atom stereocenters. The summed E-state index contributed by atoms with van der Waals surface area (Å²) in [6.45, 7) is 3.49. The number of aliphatic hydroxyl groups excluding tert-OH is 3. The van der Waals surface area contributed by atoms with E-state index in [0.29, 0.717) is 0 Å². The van der Waals surface area contributed by atoms with Crippen LogP contribution in [0.5, 0.6) is 0 Å². The van der Waals surface area contributed by atoms with Crippen LogP contribution >= 0.6 is 0 Å². The van der Waals surface area contributed by atoms with Crippen molar-refractivity contribution >= 4 is 5.97 Å². The van der Waals surface area contributed by atoms with Crippen LogP contribution < -0.4 is 0 Å². The molecule has 1 aliphatic rings. The fourth-order valence-corrected chi connectivity index (χ4v) is 1.88. The van der Waals surface area contributed by atoms with E-state index in [-0.39, 0.29) is 6.04 Å². The van der Waals surface area contributed by atoms with Crippen molar-refractivity contribution in [2.75, 3.05) is 7.11 Å². The number of carbonyl (C=O) groups is 1. The van der Waals surface area contributed by atoms with E-state index >= 15 is 0 Å². The van der Waals surface area contributed by atoms with E-state index in [0.717, 1.165) is 0 Å². The van der Waals surface area contributed by atoms with Crippen molar-refractivity contribution in [3.63, 3.8) is 0 Å². The number of aliphatic carboxylic acids is 1. The van der Waals surface area contributed by atoms with Crippen LogP contribution in [-0.4, -0.2) is 75.3 Å². The smallest absolute Gasteiger partial charge is 0.335 e. The van der Waals surface area contributed by atoms with E-state index < -0.39 is 36.6 Å². The molecule has 1 fully saturated rings. The van der Waals surface area contributed by atoms with Crippen LogP contribution in [0.15, 0.2) is 0 Å². The van der Waals surface area contributed by atoms with Crippen LogP contribution in [-0.2, 0) is 14.4 Å². The van der Waals surface area contributed by atoms with Crippen molar-refractivity contribution in [3.05, 3.63) is 0 Å². The molecule has 4 N–H and O–H groups in total. The Hall–Kier alpha value is -0.770. The first-order valence-corrected chi connectivity index (χ1v) is 5.56. The summed E-state index contributed by atoms with van der Waals surface area (Å²) in [4.78, 5) is 15.9. The van der Waals surface area contributed by atoms with Gasteiger partial charge in [-0.3, -0.25) is 4.84 Å². The molecule has 1 saturated heterocycles. The Labute approximate surface area is 104 Å². The van der Waals surface area contributed by atoms with Gasteiger partial charge in [0, 0.05) is 6.04 Å². The topological polar surface area (TPSA) is 120 Å². The Morgan fingerprint density at radius 1 is 1.22 bits per heavy atom. The fourth-order valence-electron chi connectivity index (χ4n) is 1.88. The third-order valence-electron chi connectivity index (χ3n) is 2.80. The summed E-state index contributed by atoms with van der Waals surface area (Å²) in [5.41, 5.74) is 0. The van der Waals surface area contributed by atoms with Gasteiger partial charge in [0.15, 0.2) is 12.3 Å². The molecule has 0 aromatic heterocycles. The van der Waals surface area contributed by atoms with Gasteiger partial charge in [-0.1, -0.05) is 0 Å². The Balaban J connectivity index is 2.94. The first kappa shape index (κ1) is 15.3. The third kappa shape index (κ3) is 2.79. The molecule has 1 heterocycles. The lowest BCUT2D eigenvalue weighted by molar-refractivity contribution is -0.330. The zero-order valence-electron chi connectivity index (χ0n) is 10.4. The van der Waals surface area contributed by atoms with Gasteiger partial charge < -0.3 is 25.2 Å². The molecule has 1 rings (SSSR count). The number of hydrogen-bond acceptors (Lipinski definition) is 7. The predicted octanol–water partition coefficient (Wildman–Crippen LogP) is -1.85. The number of hydroxylamine groups is 2. The Morgan fingerprint density at radius 2 is 1.78 bits per heavy atom. The Bertz CT molecular complexity index is 298. The molecule has 0 aliphatic carbocycles. The molecule has 0 aromatic carbocycles. The number of ether oxygens (including phenoxy) is 1. The molecule has 18 heavy (non-hydrogen) atoms. The minimum Gasteiger partial charge on any atom is -0.479 e. The normalized spacial score (nSPS) is 37.2. The standard InChI is InChI=1S/C10H19NO7/c1-4(2)11(17-3)9-7(14)5(12)6(13)8(18-9)10(15)16/h4-9,12-14H,1-3H3,(H,15,16)/t5-,6+,7?,8?,9+/m0/s1. The van der Waals surface area contributed by atoms with Crippen molar-refractivity contribution in [2.24, 2.45) is 0 Å². The number of rotatable bonds is 4. The van der Waals surface area contributed by atoms with Gasteiger partial charge in [0.25, 0.3) is 0 Å². The molecule has 106 valence electrons. The molecule has 0 bridgehead atoms. The van der Waals surface area contributed by atoms with Crippen LogP contribution in [0, 0.1) is 0 Å². The van der Waals surface area contributed by atoms with Gasteiger partial charge >= 0.3 is 5.97 Å². The summed E-state index contributed by atoms with van der Waals surface area (Å²) in [5, 5.41) is 39.1. The highest BCUT2D eigenvalue weighted by Crippen LogP contribution is 2.25. The highest BCUT2D eigenvalue weighted by atomic mass is 16.7. The molecule has 0 radical (unpaired) electrons. The van der Waals surface area contributed by atoms with E-state index in [1.807, 2.05) is 0 Å². The van der Waals surface area contributed by atoms with E-state index in [2.05, 4.69) is 0 Å². The molecule has 0 amide bonds. The molecule has 8 heteroatoms. The molecular formula is C10H19NO7. The minimum absolute atomic E-state index is 0.216. The zero-order chi connectivity index (χ0) is 14.0. The molecule has 0 spiro atoms. The van der Waals surface area contributed by atoms with Crippen LogP contribution in [0.25, 0.3) is 0 Å². The lowest BCUT2D eigenvalue weighted by atomic mass is 9.97. The van der Waals surface area contributed by atoms with Crippen LogP contribution in [0.2, 0.25) is 0 Å². The first-order valence-electron chi connectivity index (χ1n) is 5.56. The quantitative estimate of drug-likeness (QED) is 0.437. The lowest BCUT2D eigenvalue weighted by Gasteiger charge is -2.43. The minimum atomic E-state index is -1.69. The summed E-state index contributed by atoms with van der Waals surface area (Å²) < 4.78 is 5.10. The van der Waals surface area contributed by atoms with Crippen LogP contribution in [0.1, 0.15) is 13.8 Å². The highest BCUT2D eigenvalue weighted by Gasteiger charge is 2.49. The molecule has 8 nitrogen and oxygen atoms in total. The first-order chi connectivity index (χ1) is 8.31. The van der Waals surface area contributed by atoms with E-state index in [1.165, 1.54) is 12.2 Å². The summed E-state index contributed by atoms with van der Waals surface area (Å²) in [5.74, 6) is -1.42. The average molecular weight is 265 g/mol. The highest BCUT2D eigenvalue weighted by molar-refractivity contribution is 5.73. The van der Waals surface area contributed by atoms with Gasteiger partial charge in [-0.2, -0.15) is 5.06 Å². The Kier molecular flexibility index (Phi) is 5.02. The van der Waals surface area contributed by atoms with E-state index in [9.17, 15) is 20.1 Å². The zero-order valence-corrected chi connectivity index (χ0v) is 10.4. The molecule has 5 atom stereocenters. The maximum atomic E-state index is 10.9. The number of nitrogens with zero attached hydrogens (tertiary/aromatic N) is 1.